The van der Waals surface area contributed by atoms with Gasteiger partial charge in [0.1, 0.15) is 12.2 Å². The zero-order valence-electron chi connectivity index (χ0n) is 16.9. The average Bonchev–Trinajstić information content (AvgIpc) is 2.97. The minimum Gasteiger partial charge on any atom is -0.447 e. The first-order chi connectivity index (χ1) is 14.0. The molecule has 0 saturated heterocycles. The number of nitrogens with two attached hydrogens (primary N) is 1. The van der Waals surface area contributed by atoms with Gasteiger partial charge < -0.3 is 14.8 Å². The molecule has 0 fully saturated rings. The van der Waals surface area contributed by atoms with Crippen LogP contribution in [-0.4, -0.2) is 44.3 Å². The molecular formula is C22H28N2O5. The molecule has 7 nitrogen and oxygen atoms in total. The van der Waals surface area contributed by atoms with E-state index in [2.05, 4.69) is 5.32 Å². The van der Waals surface area contributed by atoms with Crippen molar-refractivity contribution in [3.05, 3.63) is 71.3 Å². The number of rotatable bonds is 9. The molecule has 29 heavy (non-hydrogen) atoms. The van der Waals surface area contributed by atoms with Crippen LogP contribution < -0.4 is 11.2 Å². The van der Waals surface area contributed by atoms with Gasteiger partial charge in [-0.2, -0.15) is 0 Å². The van der Waals surface area contributed by atoms with Crippen LogP contribution in [0.15, 0.2) is 65.8 Å². The van der Waals surface area contributed by atoms with Crippen molar-refractivity contribution in [3.63, 3.8) is 0 Å². The summed E-state index contributed by atoms with van der Waals surface area (Å²) < 4.78 is 9.81. The van der Waals surface area contributed by atoms with E-state index in [0.717, 1.165) is 5.57 Å². The van der Waals surface area contributed by atoms with Crippen LogP contribution in [-0.2, 0) is 14.3 Å². The number of ketones is 1. The van der Waals surface area contributed by atoms with Crippen molar-refractivity contribution in [2.24, 2.45) is 5.90 Å². The number of allylic oxidation sites excluding steroid dienone is 4. The number of ether oxygens (including phenoxy) is 2. The van der Waals surface area contributed by atoms with Crippen LogP contribution in [0.2, 0.25) is 0 Å². The maximum Gasteiger partial charge on any atom is 0.407 e. The van der Waals surface area contributed by atoms with Crippen LogP contribution >= 0.6 is 0 Å². The molecule has 0 unspecified atom stereocenters. The Labute approximate surface area is 171 Å². The molecule has 0 heterocycles. The number of Topliss-reactive ketones (excluding diaryl/α,β-unsaturated/α-hetero) is 1. The fourth-order valence-electron chi connectivity index (χ4n) is 3.01. The van der Waals surface area contributed by atoms with Gasteiger partial charge in [0.05, 0.1) is 6.61 Å². The van der Waals surface area contributed by atoms with Crippen LogP contribution in [0.5, 0.6) is 0 Å². The molecule has 7 heteroatoms. The van der Waals surface area contributed by atoms with Gasteiger partial charge in [-0.05, 0) is 18.9 Å². The molecule has 0 aliphatic heterocycles. The summed E-state index contributed by atoms with van der Waals surface area (Å²) in [4.78, 5) is 29.8. The molecule has 0 bridgehead atoms. The number of carbonyl (C=O) groups excluding carboxylic acids is 2. The van der Waals surface area contributed by atoms with Crippen LogP contribution in [0.25, 0.3) is 0 Å². The summed E-state index contributed by atoms with van der Waals surface area (Å²) in [7, 11) is 1.53. The molecule has 1 aliphatic rings. The van der Waals surface area contributed by atoms with E-state index in [1.807, 2.05) is 42.5 Å². The monoisotopic (exact) mass is 400 g/mol. The van der Waals surface area contributed by atoms with E-state index >= 15 is 0 Å². The van der Waals surface area contributed by atoms with Gasteiger partial charge in [-0.15, -0.1) is 0 Å². The molecule has 3 N–H and O–H groups in total. The van der Waals surface area contributed by atoms with Gasteiger partial charge >= 0.3 is 6.09 Å². The Balaban J connectivity index is 2.07. The Hall–Kier alpha value is -2.74. The zero-order valence-corrected chi connectivity index (χ0v) is 16.9. The number of alkyl carbamates (subject to hydrolysis) is 1. The van der Waals surface area contributed by atoms with Crippen LogP contribution in [0.3, 0.4) is 0 Å². The lowest BCUT2D eigenvalue weighted by molar-refractivity contribution is -0.0149. The topological polar surface area (TPSA) is 99.9 Å². The number of nitrogens with one attached hydrogen (secondary N) is 1. The average molecular weight is 400 g/mol. The van der Waals surface area contributed by atoms with E-state index in [0.29, 0.717) is 37.1 Å². The van der Waals surface area contributed by atoms with Gasteiger partial charge in [0.25, 0.3) is 0 Å². The van der Waals surface area contributed by atoms with Crippen molar-refractivity contribution in [2.75, 3.05) is 26.9 Å². The predicted octanol–water partition coefficient (Wildman–Crippen LogP) is 3.09. The van der Waals surface area contributed by atoms with E-state index in [4.69, 9.17) is 20.2 Å². The molecule has 0 spiro atoms. The largest absolute Gasteiger partial charge is 0.447 e. The van der Waals surface area contributed by atoms with Gasteiger partial charge in [0.15, 0.2) is 5.78 Å². The van der Waals surface area contributed by atoms with Crippen molar-refractivity contribution in [2.45, 2.75) is 25.4 Å². The molecule has 1 atom stereocenters. The van der Waals surface area contributed by atoms with E-state index in [1.165, 1.54) is 7.11 Å². The lowest BCUT2D eigenvalue weighted by Crippen LogP contribution is -2.38. The summed E-state index contributed by atoms with van der Waals surface area (Å²) in [5, 5.41) is 2.67. The third-order valence-corrected chi connectivity index (χ3v) is 4.73. The first-order valence-corrected chi connectivity index (χ1v) is 9.44. The Bertz CT molecular complexity index is 786. The van der Waals surface area contributed by atoms with Gasteiger partial charge in [-0.1, -0.05) is 54.6 Å². The minimum atomic E-state index is -0.850. The van der Waals surface area contributed by atoms with Crippen molar-refractivity contribution in [1.29, 1.82) is 0 Å². The minimum absolute atomic E-state index is 0.0436. The van der Waals surface area contributed by atoms with E-state index in [1.54, 1.807) is 19.1 Å². The van der Waals surface area contributed by atoms with Gasteiger partial charge in [0.2, 0.25) is 0 Å². The summed E-state index contributed by atoms with van der Waals surface area (Å²) in [6.45, 7) is 2.61. The van der Waals surface area contributed by atoms with Gasteiger partial charge in [-0.25, -0.2) is 10.7 Å². The second-order valence-corrected chi connectivity index (χ2v) is 6.73. The molecule has 1 aromatic carbocycles. The lowest BCUT2D eigenvalue weighted by atomic mass is 9.88. The summed E-state index contributed by atoms with van der Waals surface area (Å²) >= 11 is 0. The third kappa shape index (κ3) is 6.67. The smallest absolute Gasteiger partial charge is 0.407 e. The van der Waals surface area contributed by atoms with E-state index < -0.39 is 11.7 Å². The van der Waals surface area contributed by atoms with Gasteiger partial charge in [-0.3, -0.25) is 9.63 Å². The Morgan fingerprint density at radius 2 is 1.93 bits per heavy atom. The molecule has 0 aromatic heterocycles. The number of methoxy groups -OCH3 is 1. The Kier molecular flexibility index (Phi) is 8.79. The molecule has 1 amide bonds. The van der Waals surface area contributed by atoms with Crippen molar-refractivity contribution >= 4 is 11.9 Å². The molecule has 1 aliphatic carbocycles. The highest BCUT2D eigenvalue weighted by molar-refractivity contribution is 6.09. The summed E-state index contributed by atoms with van der Waals surface area (Å²) in [6.07, 6.45) is 7.70. The maximum atomic E-state index is 12.8. The second kappa shape index (κ2) is 11.3. The SMILES string of the molecule is COCCOC(=O)NCC[C@@]1(ON)C=CC=C/C(=C(/C)C(=O)c2ccccc2)C1. The number of carbonyl (C=O) groups is 2. The third-order valence-electron chi connectivity index (χ3n) is 4.73. The van der Waals surface area contributed by atoms with E-state index in [9.17, 15) is 9.59 Å². The van der Waals surface area contributed by atoms with Crippen molar-refractivity contribution in [1.82, 2.24) is 5.32 Å². The number of benzene rings is 1. The highest BCUT2D eigenvalue weighted by Gasteiger charge is 2.31. The zero-order chi connectivity index (χ0) is 21.1. The Morgan fingerprint density at radius 3 is 2.62 bits per heavy atom. The summed E-state index contributed by atoms with van der Waals surface area (Å²) in [5.41, 5.74) is 1.24. The van der Waals surface area contributed by atoms with Crippen LogP contribution in [0.4, 0.5) is 4.79 Å². The maximum absolute atomic E-state index is 12.8. The highest BCUT2D eigenvalue weighted by atomic mass is 16.6. The molecule has 0 saturated carbocycles. The standard InChI is InChI=1S/C22H28N2O5/c1-17(20(25)18-8-4-3-5-9-18)19-10-6-7-11-22(16-19,29-23)12-13-24-21(26)28-15-14-27-2/h3-11H,12-16,23H2,1-2H3,(H,24,26)/b19-17+/t22-/m0/s1. The first kappa shape index (κ1) is 22.5. The number of amides is 1. The summed E-state index contributed by atoms with van der Waals surface area (Å²) in [5.74, 6) is 5.58. The van der Waals surface area contributed by atoms with Crippen molar-refractivity contribution in [3.8, 4) is 0 Å². The molecular weight excluding hydrogens is 372 g/mol. The first-order valence-electron chi connectivity index (χ1n) is 9.44. The second-order valence-electron chi connectivity index (χ2n) is 6.73. The summed E-state index contributed by atoms with van der Waals surface area (Å²) in [6, 6.07) is 9.11. The lowest BCUT2D eigenvalue weighted by Gasteiger charge is -2.29. The fraction of sp³-hybridized carbons (Fsp3) is 0.364. The molecule has 0 radical (unpaired) electrons. The molecule has 156 valence electrons. The predicted molar refractivity (Wildman–Crippen MR) is 110 cm³/mol. The van der Waals surface area contributed by atoms with E-state index in [-0.39, 0.29) is 12.4 Å². The van der Waals surface area contributed by atoms with Crippen LogP contribution in [0.1, 0.15) is 30.1 Å². The highest BCUT2D eigenvalue weighted by Crippen LogP contribution is 2.30. The Morgan fingerprint density at radius 1 is 1.17 bits per heavy atom. The van der Waals surface area contributed by atoms with Crippen LogP contribution in [0, 0.1) is 0 Å². The molecule has 1 aromatic rings. The van der Waals surface area contributed by atoms with Gasteiger partial charge in [0, 0.05) is 31.2 Å². The van der Waals surface area contributed by atoms with Crippen molar-refractivity contribution < 1.29 is 23.9 Å². The normalized spacial score (nSPS) is 20.1. The fourth-order valence-corrected chi connectivity index (χ4v) is 3.01. The number of hydrogen-bond donors (Lipinski definition) is 2. The molecule has 2 rings (SSSR count). The number of hydrogen-bond acceptors (Lipinski definition) is 6. The quantitative estimate of drug-likeness (QED) is 0.286.